The third-order valence-corrected chi connectivity index (χ3v) is 1.71. The Balaban J connectivity index is 2.62. The van der Waals surface area contributed by atoms with Crippen molar-refractivity contribution in [1.82, 2.24) is 5.32 Å². The highest BCUT2D eigenvalue weighted by atomic mass is 19.1. The van der Waals surface area contributed by atoms with E-state index in [9.17, 15) is 14.0 Å². The Hall–Kier alpha value is -1.91. The van der Waals surface area contributed by atoms with E-state index in [2.05, 4.69) is 10.1 Å². The first-order chi connectivity index (χ1) is 7.15. The lowest BCUT2D eigenvalue weighted by molar-refractivity contribution is -0.123. The van der Waals surface area contributed by atoms with Crippen molar-refractivity contribution in [2.45, 2.75) is 0 Å². The van der Waals surface area contributed by atoms with E-state index in [0.29, 0.717) is 0 Å². The van der Waals surface area contributed by atoms with Gasteiger partial charge in [0.15, 0.2) is 6.61 Å². The number of likely N-dealkylation sites (N-methyl/N-ethyl adjacent to an activating group) is 1. The molecule has 0 unspecified atom stereocenters. The van der Waals surface area contributed by atoms with Crippen LogP contribution in [0.3, 0.4) is 0 Å². The molecule has 0 heterocycles. The summed E-state index contributed by atoms with van der Waals surface area (Å²) < 4.78 is 17.6. The van der Waals surface area contributed by atoms with E-state index < -0.39 is 24.3 Å². The summed E-state index contributed by atoms with van der Waals surface area (Å²) in [5.41, 5.74) is -0.179. The second kappa shape index (κ2) is 5.09. The molecule has 0 saturated carbocycles. The smallest absolute Gasteiger partial charge is 0.341 e. The fourth-order valence-electron chi connectivity index (χ4n) is 0.908. The predicted molar refractivity (Wildman–Crippen MR) is 50.7 cm³/mol. The van der Waals surface area contributed by atoms with Gasteiger partial charge in [0, 0.05) is 7.05 Å². The molecule has 4 nitrogen and oxygen atoms in total. The van der Waals surface area contributed by atoms with Gasteiger partial charge in [-0.15, -0.1) is 0 Å². The molecule has 1 aromatic carbocycles. The van der Waals surface area contributed by atoms with Gasteiger partial charge in [-0.3, -0.25) is 4.79 Å². The van der Waals surface area contributed by atoms with E-state index in [4.69, 9.17) is 0 Å². The van der Waals surface area contributed by atoms with Crippen molar-refractivity contribution < 1.29 is 18.7 Å². The average Bonchev–Trinajstić information content (AvgIpc) is 2.26. The molecule has 0 radical (unpaired) electrons. The van der Waals surface area contributed by atoms with Gasteiger partial charge in [0.25, 0.3) is 5.91 Å². The number of benzene rings is 1. The lowest BCUT2D eigenvalue weighted by Crippen LogP contribution is -2.25. The molecule has 0 spiro atoms. The van der Waals surface area contributed by atoms with E-state index in [1.165, 1.54) is 25.2 Å². The summed E-state index contributed by atoms with van der Waals surface area (Å²) >= 11 is 0. The molecule has 1 rings (SSSR count). The third-order valence-electron chi connectivity index (χ3n) is 1.71. The van der Waals surface area contributed by atoms with Crippen molar-refractivity contribution in [3.8, 4) is 0 Å². The maximum absolute atomic E-state index is 13.0. The normalized spacial score (nSPS) is 9.47. The van der Waals surface area contributed by atoms with Crippen LogP contribution >= 0.6 is 0 Å². The van der Waals surface area contributed by atoms with Crippen LogP contribution in [0.25, 0.3) is 0 Å². The van der Waals surface area contributed by atoms with Gasteiger partial charge in [-0.25, -0.2) is 9.18 Å². The largest absolute Gasteiger partial charge is 0.452 e. The summed E-state index contributed by atoms with van der Waals surface area (Å²) in [7, 11) is 1.42. The molecule has 15 heavy (non-hydrogen) atoms. The number of rotatable bonds is 3. The molecule has 0 aliphatic carbocycles. The monoisotopic (exact) mass is 211 g/mol. The second-order valence-corrected chi connectivity index (χ2v) is 2.73. The lowest BCUT2D eigenvalue weighted by atomic mass is 10.2. The Morgan fingerprint density at radius 1 is 1.40 bits per heavy atom. The van der Waals surface area contributed by atoms with E-state index in [-0.39, 0.29) is 5.56 Å². The summed E-state index contributed by atoms with van der Waals surface area (Å²) in [4.78, 5) is 22.0. The van der Waals surface area contributed by atoms with Gasteiger partial charge in [-0.05, 0) is 12.1 Å². The van der Waals surface area contributed by atoms with Crippen LogP contribution in [-0.2, 0) is 9.53 Å². The second-order valence-electron chi connectivity index (χ2n) is 2.73. The van der Waals surface area contributed by atoms with Crippen LogP contribution in [0.4, 0.5) is 4.39 Å². The standard InChI is InChI=1S/C10H10FNO3/c1-12-9(13)6-15-10(14)7-4-2-3-5-8(7)11/h2-5H,6H2,1H3,(H,12,13). The Labute approximate surface area is 86.0 Å². The Morgan fingerprint density at radius 3 is 2.67 bits per heavy atom. The number of carbonyl (C=O) groups excluding carboxylic acids is 2. The van der Waals surface area contributed by atoms with Crippen LogP contribution in [0.15, 0.2) is 24.3 Å². The van der Waals surface area contributed by atoms with Crippen molar-refractivity contribution in [3.05, 3.63) is 35.6 Å². The highest BCUT2D eigenvalue weighted by Gasteiger charge is 2.13. The van der Waals surface area contributed by atoms with Gasteiger partial charge in [0.2, 0.25) is 0 Å². The highest BCUT2D eigenvalue weighted by molar-refractivity contribution is 5.91. The summed E-state index contributed by atoms with van der Waals surface area (Å²) in [5, 5.41) is 2.28. The number of hydrogen-bond donors (Lipinski definition) is 1. The minimum absolute atomic E-state index is 0.179. The molecule has 0 aliphatic heterocycles. The van der Waals surface area contributed by atoms with Crippen LogP contribution in [-0.4, -0.2) is 25.5 Å². The van der Waals surface area contributed by atoms with Crippen LogP contribution in [0.1, 0.15) is 10.4 Å². The van der Waals surface area contributed by atoms with Gasteiger partial charge in [-0.2, -0.15) is 0 Å². The third kappa shape index (κ3) is 3.05. The van der Waals surface area contributed by atoms with Gasteiger partial charge in [-0.1, -0.05) is 12.1 Å². The SMILES string of the molecule is CNC(=O)COC(=O)c1ccccc1F. The molecule has 5 heteroatoms. The molecule has 0 saturated heterocycles. The number of ether oxygens (including phenoxy) is 1. The van der Waals surface area contributed by atoms with Crippen LogP contribution in [0, 0.1) is 5.82 Å². The van der Waals surface area contributed by atoms with E-state index in [0.717, 1.165) is 6.07 Å². The topological polar surface area (TPSA) is 55.4 Å². The van der Waals surface area contributed by atoms with E-state index in [1.807, 2.05) is 0 Å². The molecule has 80 valence electrons. The summed E-state index contributed by atoms with van der Waals surface area (Å²) in [6.45, 7) is -0.413. The summed E-state index contributed by atoms with van der Waals surface area (Å²) in [5.74, 6) is -1.96. The number of halogens is 1. The van der Waals surface area contributed by atoms with Gasteiger partial charge < -0.3 is 10.1 Å². The lowest BCUT2D eigenvalue weighted by Gasteiger charge is -2.04. The first-order valence-corrected chi connectivity index (χ1v) is 4.27. The number of nitrogens with one attached hydrogen (secondary N) is 1. The Morgan fingerprint density at radius 2 is 2.07 bits per heavy atom. The fourth-order valence-corrected chi connectivity index (χ4v) is 0.908. The van der Waals surface area contributed by atoms with E-state index in [1.54, 1.807) is 0 Å². The van der Waals surface area contributed by atoms with Crippen molar-refractivity contribution >= 4 is 11.9 Å². The molecule has 0 aliphatic rings. The molecular weight excluding hydrogens is 201 g/mol. The van der Waals surface area contributed by atoms with Gasteiger partial charge in [0.05, 0.1) is 5.56 Å². The zero-order valence-corrected chi connectivity index (χ0v) is 8.12. The zero-order chi connectivity index (χ0) is 11.3. The van der Waals surface area contributed by atoms with Gasteiger partial charge in [0.1, 0.15) is 5.82 Å². The number of esters is 1. The predicted octanol–water partition coefficient (Wildman–Crippen LogP) is 0.728. The van der Waals surface area contributed by atoms with Crippen molar-refractivity contribution in [3.63, 3.8) is 0 Å². The number of amides is 1. The maximum Gasteiger partial charge on any atom is 0.341 e. The average molecular weight is 211 g/mol. The Kier molecular flexibility index (Phi) is 3.79. The molecule has 1 amide bonds. The quantitative estimate of drug-likeness (QED) is 0.750. The minimum atomic E-state index is -0.850. The van der Waals surface area contributed by atoms with Crippen molar-refractivity contribution in [2.24, 2.45) is 0 Å². The van der Waals surface area contributed by atoms with Crippen molar-refractivity contribution in [1.29, 1.82) is 0 Å². The van der Waals surface area contributed by atoms with E-state index >= 15 is 0 Å². The Bertz CT molecular complexity index is 379. The first kappa shape index (κ1) is 11.2. The van der Waals surface area contributed by atoms with Gasteiger partial charge >= 0.3 is 5.97 Å². The number of carbonyl (C=O) groups is 2. The fraction of sp³-hybridized carbons (Fsp3) is 0.200. The molecular formula is C10H10FNO3. The minimum Gasteiger partial charge on any atom is -0.452 e. The highest BCUT2D eigenvalue weighted by Crippen LogP contribution is 2.07. The maximum atomic E-state index is 13.0. The molecule has 0 atom stereocenters. The summed E-state index contributed by atoms with van der Waals surface area (Å²) in [6, 6.07) is 5.42. The molecule has 1 N–H and O–H groups in total. The number of hydrogen-bond acceptors (Lipinski definition) is 3. The molecule has 1 aromatic rings. The molecule has 0 fully saturated rings. The first-order valence-electron chi connectivity index (χ1n) is 4.27. The molecule has 0 bridgehead atoms. The molecule has 0 aromatic heterocycles. The van der Waals surface area contributed by atoms with Crippen LogP contribution in [0.2, 0.25) is 0 Å². The van der Waals surface area contributed by atoms with Crippen LogP contribution < -0.4 is 5.32 Å². The summed E-state index contributed by atoms with van der Waals surface area (Å²) in [6.07, 6.45) is 0. The zero-order valence-electron chi connectivity index (χ0n) is 8.12. The van der Waals surface area contributed by atoms with Crippen molar-refractivity contribution in [2.75, 3.05) is 13.7 Å². The van der Waals surface area contributed by atoms with Crippen LogP contribution in [0.5, 0.6) is 0 Å².